The van der Waals surface area contributed by atoms with Gasteiger partial charge in [-0.3, -0.25) is 9.89 Å². The van der Waals surface area contributed by atoms with Crippen molar-refractivity contribution in [1.82, 2.24) is 15.5 Å². The van der Waals surface area contributed by atoms with E-state index in [0.717, 1.165) is 43.1 Å². The minimum atomic E-state index is -0.610. The Kier molecular flexibility index (Phi) is 10.5. The summed E-state index contributed by atoms with van der Waals surface area (Å²) in [4.78, 5) is 7.82. The van der Waals surface area contributed by atoms with Crippen molar-refractivity contribution in [2.24, 2.45) is 4.99 Å². The molecular formula is C16H28ClIN4OS. The molecule has 1 saturated carbocycles. The molecule has 0 aliphatic heterocycles. The molecule has 0 bridgehead atoms. The zero-order valence-corrected chi connectivity index (χ0v) is 18.2. The molecule has 8 heteroatoms. The zero-order valence-electron chi connectivity index (χ0n) is 14.3. The second-order valence-corrected chi connectivity index (χ2v) is 7.41. The fourth-order valence-corrected chi connectivity index (χ4v) is 3.51. The Morgan fingerprint density at radius 3 is 2.71 bits per heavy atom. The molecule has 1 aromatic rings. The number of hydrogen-bond acceptors (Lipinski definition) is 4. The Balaban J connectivity index is 0.00000288. The molecule has 1 aliphatic carbocycles. The summed E-state index contributed by atoms with van der Waals surface area (Å²) in [6.45, 7) is 8.35. The van der Waals surface area contributed by atoms with Gasteiger partial charge in [-0.15, -0.1) is 35.3 Å². The highest BCUT2D eigenvalue weighted by Gasteiger charge is 2.27. The summed E-state index contributed by atoms with van der Waals surface area (Å²) in [6, 6.07) is 4.43. The van der Waals surface area contributed by atoms with Crippen LogP contribution in [-0.2, 0) is 0 Å². The minimum absolute atomic E-state index is 0. The van der Waals surface area contributed by atoms with E-state index in [1.54, 1.807) is 6.07 Å². The number of halogens is 2. The number of rotatable bonds is 9. The first kappa shape index (κ1) is 22.0. The van der Waals surface area contributed by atoms with Gasteiger partial charge in [-0.1, -0.05) is 18.5 Å². The van der Waals surface area contributed by atoms with Crippen molar-refractivity contribution in [1.29, 1.82) is 0 Å². The van der Waals surface area contributed by atoms with Gasteiger partial charge >= 0.3 is 0 Å². The summed E-state index contributed by atoms with van der Waals surface area (Å²) in [5.74, 6) is 0.751. The molecular weight excluding hydrogens is 459 g/mol. The van der Waals surface area contributed by atoms with Crippen molar-refractivity contribution < 1.29 is 5.11 Å². The summed E-state index contributed by atoms with van der Waals surface area (Å²) in [5.41, 5.74) is 0. The van der Waals surface area contributed by atoms with Crippen LogP contribution in [0.4, 0.5) is 0 Å². The number of aliphatic imine (C=N–C) groups is 1. The maximum absolute atomic E-state index is 10.2. The second-order valence-electron chi connectivity index (χ2n) is 5.66. The molecule has 5 nitrogen and oxygen atoms in total. The van der Waals surface area contributed by atoms with Crippen LogP contribution in [-0.4, -0.2) is 54.7 Å². The standard InChI is InChI=1S/C16H27ClN4OS.HI/c1-3-18-16(19-9-10-21(4-2)12-5-6-12)20-11-13(22)14-7-8-15(17)23-14;/h7-8,12-13,22H,3-6,9-11H2,1-2H3,(H2,18,19,20);1H. The summed E-state index contributed by atoms with van der Waals surface area (Å²) in [5, 5.41) is 16.7. The smallest absolute Gasteiger partial charge is 0.191 e. The molecule has 2 rings (SSSR count). The highest BCUT2D eigenvalue weighted by Crippen LogP contribution is 2.27. The number of nitrogens with one attached hydrogen (secondary N) is 2. The van der Waals surface area contributed by atoms with E-state index in [9.17, 15) is 5.11 Å². The average Bonchev–Trinajstić information content (AvgIpc) is 3.29. The fourth-order valence-electron chi connectivity index (χ4n) is 2.47. The SMILES string of the molecule is CCNC(=NCC(O)c1ccc(Cl)s1)NCCN(CC)C1CC1.I. The third-order valence-electron chi connectivity index (χ3n) is 3.85. The van der Waals surface area contributed by atoms with Gasteiger partial charge in [0.25, 0.3) is 0 Å². The van der Waals surface area contributed by atoms with Crippen LogP contribution in [0, 0.1) is 0 Å². The largest absolute Gasteiger partial charge is 0.386 e. The van der Waals surface area contributed by atoms with Crippen LogP contribution >= 0.6 is 46.9 Å². The molecule has 1 atom stereocenters. The van der Waals surface area contributed by atoms with Crippen molar-refractivity contribution in [3.05, 3.63) is 21.3 Å². The van der Waals surface area contributed by atoms with E-state index < -0.39 is 6.10 Å². The van der Waals surface area contributed by atoms with Gasteiger partial charge in [0.2, 0.25) is 0 Å². The van der Waals surface area contributed by atoms with Crippen molar-refractivity contribution in [2.45, 2.75) is 38.8 Å². The Morgan fingerprint density at radius 2 is 2.17 bits per heavy atom. The normalized spacial score (nSPS) is 16.0. The number of aliphatic hydroxyl groups excluding tert-OH is 1. The monoisotopic (exact) mass is 486 g/mol. The van der Waals surface area contributed by atoms with E-state index in [0.29, 0.717) is 10.9 Å². The molecule has 3 N–H and O–H groups in total. The van der Waals surface area contributed by atoms with Gasteiger partial charge in [0, 0.05) is 30.6 Å². The van der Waals surface area contributed by atoms with Crippen LogP contribution in [0.2, 0.25) is 4.34 Å². The first-order valence-electron chi connectivity index (χ1n) is 8.33. The van der Waals surface area contributed by atoms with Crippen LogP contribution < -0.4 is 10.6 Å². The van der Waals surface area contributed by atoms with Crippen molar-refractivity contribution >= 4 is 52.9 Å². The Labute approximate surface area is 170 Å². The second kappa shape index (κ2) is 11.5. The van der Waals surface area contributed by atoms with Crippen molar-refractivity contribution in [2.75, 3.05) is 32.7 Å². The molecule has 0 radical (unpaired) electrons. The first-order valence-corrected chi connectivity index (χ1v) is 9.53. The molecule has 1 fully saturated rings. The van der Waals surface area contributed by atoms with E-state index in [1.165, 1.54) is 24.2 Å². The van der Waals surface area contributed by atoms with Gasteiger partial charge in [-0.25, -0.2) is 0 Å². The third-order valence-corrected chi connectivity index (χ3v) is 5.18. The summed E-state index contributed by atoms with van der Waals surface area (Å²) >= 11 is 7.30. The molecule has 138 valence electrons. The van der Waals surface area contributed by atoms with Gasteiger partial charge in [0.1, 0.15) is 6.10 Å². The molecule has 0 spiro atoms. The Hall–Kier alpha value is -0.0900. The van der Waals surface area contributed by atoms with Crippen LogP contribution in [0.15, 0.2) is 17.1 Å². The number of guanidine groups is 1. The Morgan fingerprint density at radius 1 is 1.42 bits per heavy atom. The topological polar surface area (TPSA) is 59.9 Å². The molecule has 1 unspecified atom stereocenters. The van der Waals surface area contributed by atoms with Crippen LogP contribution in [0.25, 0.3) is 0 Å². The maximum atomic E-state index is 10.2. The molecule has 0 amide bonds. The highest BCUT2D eigenvalue weighted by atomic mass is 127. The van der Waals surface area contributed by atoms with Crippen molar-refractivity contribution in [3.63, 3.8) is 0 Å². The molecule has 1 aromatic heterocycles. The lowest BCUT2D eigenvalue weighted by Gasteiger charge is -2.20. The van der Waals surface area contributed by atoms with Gasteiger partial charge < -0.3 is 15.7 Å². The van der Waals surface area contributed by atoms with E-state index in [-0.39, 0.29) is 24.0 Å². The highest BCUT2D eigenvalue weighted by molar-refractivity contribution is 14.0. The van der Waals surface area contributed by atoms with E-state index in [2.05, 4.69) is 27.4 Å². The lowest BCUT2D eigenvalue weighted by atomic mass is 10.3. The number of nitrogens with zero attached hydrogens (tertiary/aromatic N) is 2. The minimum Gasteiger partial charge on any atom is -0.386 e. The zero-order chi connectivity index (χ0) is 16.7. The summed E-state index contributed by atoms with van der Waals surface area (Å²) in [6.07, 6.45) is 2.05. The van der Waals surface area contributed by atoms with Crippen LogP contribution in [0.3, 0.4) is 0 Å². The summed E-state index contributed by atoms with van der Waals surface area (Å²) in [7, 11) is 0. The molecule has 0 aromatic carbocycles. The predicted octanol–water partition coefficient (Wildman–Crippen LogP) is 3.09. The fraction of sp³-hybridized carbons (Fsp3) is 0.688. The van der Waals surface area contributed by atoms with Crippen molar-refractivity contribution in [3.8, 4) is 0 Å². The van der Waals surface area contributed by atoms with E-state index in [4.69, 9.17) is 11.6 Å². The number of likely N-dealkylation sites (N-methyl/N-ethyl adjacent to an activating group) is 1. The van der Waals surface area contributed by atoms with Gasteiger partial charge in [0.05, 0.1) is 10.9 Å². The number of hydrogen-bond donors (Lipinski definition) is 3. The number of aliphatic hydroxyl groups is 1. The maximum Gasteiger partial charge on any atom is 0.191 e. The average molecular weight is 487 g/mol. The Bertz CT molecular complexity index is 510. The van der Waals surface area contributed by atoms with Gasteiger partial charge in [0.15, 0.2) is 5.96 Å². The quantitative estimate of drug-likeness (QED) is 0.285. The van der Waals surface area contributed by atoms with Gasteiger partial charge in [-0.2, -0.15) is 0 Å². The first-order chi connectivity index (χ1) is 11.1. The molecule has 1 heterocycles. The lowest BCUT2D eigenvalue weighted by molar-refractivity contribution is 0.191. The third kappa shape index (κ3) is 7.43. The van der Waals surface area contributed by atoms with E-state index in [1.807, 2.05) is 13.0 Å². The van der Waals surface area contributed by atoms with Crippen LogP contribution in [0.1, 0.15) is 37.7 Å². The van der Waals surface area contributed by atoms with E-state index >= 15 is 0 Å². The van der Waals surface area contributed by atoms with Crippen LogP contribution in [0.5, 0.6) is 0 Å². The predicted molar refractivity (Wildman–Crippen MR) is 114 cm³/mol. The van der Waals surface area contributed by atoms with Gasteiger partial charge in [-0.05, 0) is 38.4 Å². The summed E-state index contributed by atoms with van der Waals surface area (Å²) < 4.78 is 0.688. The number of thiophene rings is 1. The molecule has 24 heavy (non-hydrogen) atoms. The molecule has 1 aliphatic rings. The lowest BCUT2D eigenvalue weighted by Crippen LogP contribution is -2.42. The molecule has 0 saturated heterocycles.